The van der Waals surface area contributed by atoms with Gasteiger partial charge in [0.1, 0.15) is 6.61 Å². The van der Waals surface area contributed by atoms with Gasteiger partial charge in [0.05, 0.1) is 0 Å². The lowest BCUT2D eigenvalue weighted by Crippen LogP contribution is -1.93. The van der Waals surface area contributed by atoms with Gasteiger partial charge >= 0.3 is 11.4 Å². The summed E-state index contributed by atoms with van der Waals surface area (Å²) in [7, 11) is 0. The van der Waals surface area contributed by atoms with Crippen molar-refractivity contribution in [3.05, 3.63) is 42.0 Å². The Balaban J connectivity index is 2.25. The van der Waals surface area contributed by atoms with E-state index in [1.54, 1.807) is 0 Å². The van der Waals surface area contributed by atoms with Crippen molar-refractivity contribution in [1.29, 1.82) is 0 Å². The molecule has 0 fully saturated rings. The Morgan fingerprint density at radius 2 is 2.07 bits per heavy atom. The molecule has 0 heterocycles. The van der Waals surface area contributed by atoms with E-state index in [9.17, 15) is 4.21 Å². The molecular weight excluding hydrogens is 200 g/mol. The molecule has 14 heavy (non-hydrogen) atoms. The first-order valence-corrected chi connectivity index (χ1v) is 5.37. The topological polar surface area (TPSA) is 46.5 Å². The number of hydrogen-bond acceptors (Lipinski definition) is 2. The quantitative estimate of drug-likeness (QED) is 0.602. The molecule has 1 rings (SSSR count). The Bertz CT molecular complexity index is 295. The summed E-state index contributed by atoms with van der Waals surface area (Å²) < 4.78 is 22.8. The summed E-state index contributed by atoms with van der Waals surface area (Å²) in [5.41, 5.74) is 2.42. The largest absolute Gasteiger partial charge is 0.302 e. The molecule has 1 aromatic rings. The Labute approximate surface area is 86.6 Å². The maximum absolute atomic E-state index is 10.1. The third-order valence-corrected chi connectivity index (χ3v) is 2.12. The molecule has 0 aliphatic carbocycles. The van der Waals surface area contributed by atoms with E-state index >= 15 is 0 Å². The molecular formula is C10H13O3S. The summed E-state index contributed by atoms with van der Waals surface area (Å²) in [6.07, 6.45) is 1.45. The highest BCUT2D eigenvalue weighted by Crippen LogP contribution is 2.07. The molecule has 4 heteroatoms. The van der Waals surface area contributed by atoms with Crippen LogP contribution in [-0.4, -0.2) is 8.76 Å². The molecule has 0 aliphatic heterocycles. The molecule has 0 spiro atoms. The number of hydrogen-bond donors (Lipinski definition) is 1. The fraction of sp³-hybridized carbons (Fsp3) is 0.300. The van der Waals surface area contributed by atoms with Crippen LogP contribution in [0.2, 0.25) is 0 Å². The van der Waals surface area contributed by atoms with Gasteiger partial charge in [0.15, 0.2) is 0 Å². The zero-order valence-electron chi connectivity index (χ0n) is 7.97. The van der Waals surface area contributed by atoms with Crippen LogP contribution in [-0.2, 0) is 22.0 Å². The van der Waals surface area contributed by atoms with Crippen molar-refractivity contribution in [1.82, 2.24) is 0 Å². The van der Waals surface area contributed by atoms with Gasteiger partial charge in [-0.2, -0.15) is 4.21 Å². The predicted molar refractivity (Wildman–Crippen MR) is 55.7 cm³/mol. The second-order valence-corrected chi connectivity index (χ2v) is 3.63. The smallest absolute Gasteiger partial charge is 0.284 e. The highest BCUT2D eigenvalue weighted by molar-refractivity contribution is 7.74. The maximum atomic E-state index is 10.1. The van der Waals surface area contributed by atoms with Crippen LogP contribution >= 0.6 is 0 Å². The van der Waals surface area contributed by atoms with E-state index in [0.717, 1.165) is 6.42 Å². The molecule has 1 N–H and O–H groups in total. The van der Waals surface area contributed by atoms with Gasteiger partial charge < -0.3 is 0 Å². The van der Waals surface area contributed by atoms with Crippen molar-refractivity contribution in [2.45, 2.75) is 19.8 Å². The van der Waals surface area contributed by atoms with Gasteiger partial charge in [-0.05, 0) is 25.3 Å². The Morgan fingerprint density at radius 1 is 1.43 bits per heavy atom. The van der Waals surface area contributed by atoms with E-state index in [2.05, 4.69) is 4.18 Å². The minimum atomic E-state index is -2.18. The van der Waals surface area contributed by atoms with Crippen LogP contribution in [0.25, 0.3) is 0 Å². The highest BCUT2D eigenvalue weighted by Gasteiger charge is 1.96. The number of aryl methyl sites for hydroxylation is 2. The van der Waals surface area contributed by atoms with Crippen LogP contribution in [0.5, 0.6) is 0 Å². The van der Waals surface area contributed by atoms with Crippen LogP contribution in [0.15, 0.2) is 24.3 Å². The van der Waals surface area contributed by atoms with E-state index in [0.29, 0.717) is 6.42 Å². The van der Waals surface area contributed by atoms with Crippen molar-refractivity contribution in [2.24, 2.45) is 0 Å². The first-order chi connectivity index (χ1) is 6.68. The summed E-state index contributed by atoms with van der Waals surface area (Å²) in [5, 5.41) is 0. The molecule has 0 saturated carbocycles. The second kappa shape index (κ2) is 5.90. The predicted octanol–water partition coefficient (Wildman–Crippen LogP) is 2.24. The third kappa shape index (κ3) is 4.50. The molecule has 1 aromatic carbocycles. The summed E-state index contributed by atoms with van der Waals surface area (Å²) in [6, 6.07) is 8.17. The Kier molecular flexibility index (Phi) is 4.79. The average molecular weight is 213 g/mol. The van der Waals surface area contributed by atoms with E-state index in [-0.39, 0.29) is 0 Å². The number of benzene rings is 1. The van der Waals surface area contributed by atoms with E-state index < -0.39 is 11.4 Å². The maximum Gasteiger partial charge on any atom is 0.302 e. The van der Waals surface area contributed by atoms with Crippen LogP contribution < -0.4 is 0 Å². The van der Waals surface area contributed by atoms with Gasteiger partial charge in [0.25, 0.3) is 0 Å². The SMILES string of the molecule is Cc1ccc(CC[CH]OS(=O)O)cc1. The first kappa shape index (κ1) is 11.4. The Morgan fingerprint density at radius 3 is 2.64 bits per heavy atom. The molecule has 0 aliphatic rings. The van der Waals surface area contributed by atoms with Gasteiger partial charge in [-0.1, -0.05) is 29.8 Å². The van der Waals surface area contributed by atoms with Gasteiger partial charge in [0.2, 0.25) is 0 Å². The molecule has 1 unspecified atom stereocenters. The van der Waals surface area contributed by atoms with Crippen molar-refractivity contribution in [2.75, 3.05) is 0 Å². The highest BCUT2D eigenvalue weighted by atomic mass is 32.2. The molecule has 77 valence electrons. The number of rotatable bonds is 5. The fourth-order valence-electron chi connectivity index (χ4n) is 1.09. The first-order valence-electron chi connectivity index (χ1n) is 4.33. The summed E-state index contributed by atoms with van der Waals surface area (Å²) in [5.74, 6) is 0. The van der Waals surface area contributed by atoms with Crippen molar-refractivity contribution in [3.8, 4) is 0 Å². The average Bonchev–Trinajstić information content (AvgIpc) is 2.15. The molecule has 3 nitrogen and oxygen atoms in total. The monoisotopic (exact) mass is 213 g/mol. The summed E-state index contributed by atoms with van der Waals surface area (Å²) in [6.45, 7) is 3.39. The lowest BCUT2D eigenvalue weighted by Gasteiger charge is -2.00. The van der Waals surface area contributed by atoms with Gasteiger partial charge in [-0.15, -0.1) is 0 Å². The fourth-order valence-corrected chi connectivity index (χ4v) is 1.30. The standard InChI is InChI=1S/C10H13O3S/c1-9-4-6-10(7-5-9)3-2-8-13-14(11)12/h4-8H,2-3H2,1H3,(H,11,12). The lowest BCUT2D eigenvalue weighted by atomic mass is 10.1. The zero-order chi connectivity index (χ0) is 10.4. The van der Waals surface area contributed by atoms with Crippen molar-refractivity contribution < 1.29 is 12.9 Å². The lowest BCUT2D eigenvalue weighted by molar-refractivity contribution is 0.364. The van der Waals surface area contributed by atoms with E-state index in [4.69, 9.17) is 4.55 Å². The minimum absolute atomic E-state index is 0.634. The summed E-state index contributed by atoms with van der Waals surface area (Å²) in [4.78, 5) is 0. The van der Waals surface area contributed by atoms with E-state index in [1.807, 2.05) is 31.2 Å². The molecule has 1 atom stereocenters. The van der Waals surface area contributed by atoms with Gasteiger partial charge in [-0.3, -0.25) is 8.74 Å². The third-order valence-electron chi connectivity index (χ3n) is 1.82. The van der Waals surface area contributed by atoms with Gasteiger partial charge in [0, 0.05) is 0 Å². The van der Waals surface area contributed by atoms with Crippen molar-refractivity contribution in [3.63, 3.8) is 0 Å². The van der Waals surface area contributed by atoms with Crippen molar-refractivity contribution >= 4 is 11.4 Å². The Hall–Kier alpha value is -0.710. The second-order valence-electron chi connectivity index (χ2n) is 3.00. The molecule has 0 saturated heterocycles. The molecule has 0 aromatic heterocycles. The van der Waals surface area contributed by atoms with Crippen LogP contribution in [0.1, 0.15) is 17.5 Å². The van der Waals surface area contributed by atoms with Gasteiger partial charge in [-0.25, -0.2) is 0 Å². The summed E-state index contributed by atoms with van der Waals surface area (Å²) >= 11 is -2.18. The molecule has 0 amide bonds. The van der Waals surface area contributed by atoms with Crippen LogP contribution in [0.4, 0.5) is 0 Å². The van der Waals surface area contributed by atoms with Crippen LogP contribution in [0, 0.1) is 13.5 Å². The zero-order valence-corrected chi connectivity index (χ0v) is 8.79. The van der Waals surface area contributed by atoms with Crippen LogP contribution in [0.3, 0.4) is 0 Å². The minimum Gasteiger partial charge on any atom is -0.284 e. The van der Waals surface area contributed by atoms with E-state index in [1.165, 1.54) is 17.7 Å². The molecule has 0 bridgehead atoms. The molecule has 1 radical (unpaired) electrons. The normalized spacial score (nSPS) is 12.7.